The number of carbonyl (C=O) groups is 1. The molecule has 2 unspecified atom stereocenters. The van der Waals surface area contributed by atoms with E-state index >= 15 is 0 Å². The van der Waals surface area contributed by atoms with Crippen LogP contribution in [0.25, 0.3) is 10.9 Å². The molecule has 1 heterocycles. The summed E-state index contributed by atoms with van der Waals surface area (Å²) in [6.45, 7) is 0.454. The van der Waals surface area contributed by atoms with E-state index in [-0.39, 0.29) is 17.9 Å². The minimum atomic E-state index is -0.135. The lowest BCUT2D eigenvalue weighted by Crippen LogP contribution is -2.37. The van der Waals surface area contributed by atoms with Crippen LogP contribution in [0.3, 0.4) is 0 Å². The zero-order valence-electron chi connectivity index (χ0n) is 15.4. The summed E-state index contributed by atoms with van der Waals surface area (Å²) in [6, 6.07) is 8.09. The first kappa shape index (κ1) is 17.7. The smallest absolute Gasteiger partial charge is 0.234 e. The van der Waals surface area contributed by atoms with E-state index in [1.807, 2.05) is 29.0 Å². The fraction of sp³-hybridized carbons (Fsp3) is 0.591. The fourth-order valence-corrected chi connectivity index (χ4v) is 5.33. The van der Waals surface area contributed by atoms with E-state index in [9.17, 15) is 9.90 Å². The fourth-order valence-electron chi connectivity index (χ4n) is 5.33. The first-order chi connectivity index (χ1) is 12.7. The summed E-state index contributed by atoms with van der Waals surface area (Å²) in [7, 11) is 0. The molecular formula is C22H30N2O2. The third kappa shape index (κ3) is 3.21. The molecule has 3 N–H and O–H groups in total. The number of aliphatic hydroxyl groups excluding tert-OH is 1. The molecule has 26 heavy (non-hydrogen) atoms. The van der Waals surface area contributed by atoms with Crippen LogP contribution in [0.15, 0.2) is 30.5 Å². The highest BCUT2D eigenvalue weighted by Crippen LogP contribution is 2.42. The van der Waals surface area contributed by atoms with Gasteiger partial charge >= 0.3 is 0 Å². The zero-order chi connectivity index (χ0) is 18.1. The van der Waals surface area contributed by atoms with Gasteiger partial charge in [-0.15, -0.1) is 0 Å². The molecular weight excluding hydrogens is 324 g/mol. The Balaban J connectivity index is 1.63. The van der Waals surface area contributed by atoms with Crippen molar-refractivity contribution in [2.45, 2.75) is 64.0 Å². The van der Waals surface area contributed by atoms with Crippen LogP contribution in [-0.4, -0.2) is 21.7 Å². The van der Waals surface area contributed by atoms with Crippen LogP contribution in [0.1, 0.15) is 61.7 Å². The molecule has 0 saturated heterocycles. The molecule has 2 aromatic rings. The summed E-state index contributed by atoms with van der Waals surface area (Å²) in [5.41, 5.74) is 7.95. The lowest BCUT2D eigenvalue weighted by Gasteiger charge is -2.39. The third-order valence-corrected chi connectivity index (χ3v) is 6.74. The number of benzene rings is 1. The molecule has 2 fully saturated rings. The number of rotatable bonds is 3. The molecule has 2 aliphatic rings. The summed E-state index contributed by atoms with van der Waals surface area (Å²) in [6.07, 6.45) is 10.3. The number of hydrogen-bond acceptors (Lipinski definition) is 3. The van der Waals surface area contributed by atoms with Crippen molar-refractivity contribution in [3.63, 3.8) is 0 Å². The first-order valence-corrected chi connectivity index (χ1v) is 10.2. The van der Waals surface area contributed by atoms with Gasteiger partial charge in [0.25, 0.3) is 0 Å². The predicted octanol–water partition coefficient (Wildman–Crippen LogP) is 4.10. The van der Waals surface area contributed by atoms with Gasteiger partial charge in [-0.25, -0.2) is 0 Å². The summed E-state index contributed by atoms with van der Waals surface area (Å²) in [5.74, 6) is 1.40. The maximum Gasteiger partial charge on any atom is 0.234 e. The van der Waals surface area contributed by atoms with E-state index in [1.54, 1.807) is 0 Å². The van der Waals surface area contributed by atoms with Crippen molar-refractivity contribution in [1.82, 2.24) is 4.57 Å². The Bertz CT molecular complexity index is 774. The molecule has 4 heteroatoms. The summed E-state index contributed by atoms with van der Waals surface area (Å²) < 4.78 is 1.87. The van der Waals surface area contributed by atoms with E-state index in [0.717, 1.165) is 61.4 Å². The average molecular weight is 354 g/mol. The van der Waals surface area contributed by atoms with Crippen LogP contribution < -0.4 is 5.73 Å². The second-order valence-electron chi connectivity index (χ2n) is 8.21. The molecule has 0 spiro atoms. The normalized spacial score (nSPS) is 29.8. The van der Waals surface area contributed by atoms with Crippen LogP contribution in [0, 0.1) is 17.8 Å². The van der Waals surface area contributed by atoms with E-state index in [1.165, 1.54) is 6.42 Å². The quantitative estimate of drug-likeness (QED) is 0.872. The van der Waals surface area contributed by atoms with Crippen molar-refractivity contribution in [3.8, 4) is 0 Å². The third-order valence-electron chi connectivity index (χ3n) is 6.74. The molecule has 1 aromatic carbocycles. The van der Waals surface area contributed by atoms with E-state index < -0.39 is 0 Å². The zero-order valence-corrected chi connectivity index (χ0v) is 15.4. The van der Waals surface area contributed by atoms with Gasteiger partial charge in [0, 0.05) is 24.0 Å². The summed E-state index contributed by atoms with van der Waals surface area (Å²) in [5, 5.41) is 10.9. The second-order valence-corrected chi connectivity index (χ2v) is 8.21. The largest absolute Gasteiger partial charge is 0.393 e. The topological polar surface area (TPSA) is 68.2 Å². The second kappa shape index (κ2) is 7.53. The van der Waals surface area contributed by atoms with Crippen molar-refractivity contribution in [1.29, 1.82) is 0 Å². The molecule has 2 aliphatic carbocycles. The number of nitrogens with two attached hydrogens (primary N) is 1. The van der Waals surface area contributed by atoms with Crippen LogP contribution in [0.2, 0.25) is 0 Å². The Hall–Kier alpha value is -1.65. The molecule has 4 rings (SSSR count). The van der Waals surface area contributed by atoms with Gasteiger partial charge in [0.2, 0.25) is 5.91 Å². The molecule has 4 nitrogen and oxygen atoms in total. The molecule has 0 aliphatic heterocycles. The van der Waals surface area contributed by atoms with Gasteiger partial charge in [0.05, 0.1) is 11.6 Å². The number of hydrogen-bond donors (Lipinski definition) is 2. The van der Waals surface area contributed by atoms with Crippen molar-refractivity contribution < 1.29 is 9.90 Å². The van der Waals surface area contributed by atoms with Crippen LogP contribution in [0.4, 0.5) is 0 Å². The van der Waals surface area contributed by atoms with Crippen molar-refractivity contribution in [3.05, 3.63) is 36.0 Å². The molecule has 0 radical (unpaired) electrons. The Morgan fingerprint density at radius 3 is 2.58 bits per heavy atom. The minimum absolute atomic E-state index is 0.102. The van der Waals surface area contributed by atoms with Crippen LogP contribution in [0.5, 0.6) is 0 Å². The van der Waals surface area contributed by atoms with E-state index in [4.69, 9.17) is 5.73 Å². The van der Waals surface area contributed by atoms with Crippen LogP contribution in [-0.2, 0) is 6.54 Å². The Labute approximate surface area is 155 Å². The maximum absolute atomic E-state index is 13.5. The highest BCUT2D eigenvalue weighted by Gasteiger charge is 2.38. The molecule has 140 valence electrons. The van der Waals surface area contributed by atoms with Crippen molar-refractivity contribution in [2.75, 3.05) is 0 Å². The molecule has 2 atom stereocenters. The Morgan fingerprint density at radius 2 is 1.81 bits per heavy atom. The number of fused-ring (bicyclic) bond motifs is 1. The Morgan fingerprint density at radius 1 is 1.08 bits per heavy atom. The van der Waals surface area contributed by atoms with Gasteiger partial charge in [0.1, 0.15) is 0 Å². The van der Waals surface area contributed by atoms with Gasteiger partial charge in [-0.1, -0.05) is 31.0 Å². The molecule has 1 aromatic heterocycles. The lowest BCUT2D eigenvalue weighted by atomic mass is 9.67. The molecule has 0 amide bonds. The van der Waals surface area contributed by atoms with Crippen molar-refractivity contribution in [2.24, 2.45) is 23.5 Å². The first-order valence-electron chi connectivity index (χ1n) is 10.2. The number of para-hydroxylation sites is 1. The van der Waals surface area contributed by atoms with Crippen molar-refractivity contribution >= 4 is 16.8 Å². The monoisotopic (exact) mass is 354 g/mol. The maximum atomic E-state index is 13.5. The van der Waals surface area contributed by atoms with Gasteiger partial charge in [-0.3, -0.25) is 9.36 Å². The van der Waals surface area contributed by atoms with Gasteiger partial charge in [-0.05, 0) is 62.0 Å². The van der Waals surface area contributed by atoms with Gasteiger partial charge in [0.15, 0.2) is 0 Å². The van der Waals surface area contributed by atoms with Gasteiger partial charge < -0.3 is 10.8 Å². The SMILES string of the molecule is NCc1cn(C(=O)C2CCCCC2C2CCC(O)CC2)c2ccccc12. The Kier molecular flexibility index (Phi) is 5.14. The number of carbonyl (C=O) groups excluding carboxylic acids is 1. The summed E-state index contributed by atoms with van der Waals surface area (Å²) >= 11 is 0. The summed E-state index contributed by atoms with van der Waals surface area (Å²) in [4.78, 5) is 13.5. The number of aromatic nitrogens is 1. The minimum Gasteiger partial charge on any atom is -0.393 e. The highest BCUT2D eigenvalue weighted by atomic mass is 16.3. The highest BCUT2D eigenvalue weighted by molar-refractivity contribution is 5.95. The van der Waals surface area contributed by atoms with Gasteiger partial charge in [-0.2, -0.15) is 0 Å². The predicted molar refractivity (Wildman–Crippen MR) is 104 cm³/mol. The number of nitrogens with zero attached hydrogens (tertiary/aromatic N) is 1. The van der Waals surface area contributed by atoms with E-state index in [2.05, 4.69) is 6.07 Å². The molecule has 0 bridgehead atoms. The number of aliphatic hydroxyl groups is 1. The standard InChI is InChI=1S/C22H30N2O2/c23-13-16-14-24(21-8-4-3-6-19(16)21)22(26)20-7-2-1-5-18(20)15-9-11-17(25)12-10-15/h3-4,6,8,14-15,17-18,20,25H,1-2,5,7,9-13,23H2. The average Bonchev–Trinajstić information content (AvgIpc) is 3.07. The molecule has 2 saturated carbocycles. The van der Waals surface area contributed by atoms with Crippen LogP contribution >= 0.6 is 0 Å². The lowest BCUT2D eigenvalue weighted by molar-refractivity contribution is 0.0480. The van der Waals surface area contributed by atoms with E-state index in [0.29, 0.717) is 18.4 Å².